The van der Waals surface area contributed by atoms with E-state index in [-0.39, 0.29) is 5.91 Å². The summed E-state index contributed by atoms with van der Waals surface area (Å²) < 4.78 is 14.5. The Morgan fingerprint density at radius 3 is 2.24 bits per heavy atom. The summed E-state index contributed by atoms with van der Waals surface area (Å²) in [5.41, 5.74) is 4.55. The zero-order valence-corrected chi connectivity index (χ0v) is 20.7. The van der Waals surface area contributed by atoms with Crippen LogP contribution in [0.15, 0.2) is 97.5 Å². The van der Waals surface area contributed by atoms with E-state index in [0.717, 1.165) is 16.9 Å². The molecule has 5 rings (SSSR count). The number of methoxy groups -OCH3 is 2. The molecule has 2 heterocycles. The summed E-state index contributed by atoms with van der Waals surface area (Å²) in [6, 6.07) is 25.0. The molecule has 0 spiro atoms. The van der Waals surface area contributed by atoms with Gasteiger partial charge in [0.2, 0.25) is 0 Å². The Kier molecular flexibility index (Phi) is 6.98. The van der Waals surface area contributed by atoms with E-state index >= 15 is 0 Å². The van der Waals surface area contributed by atoms with E-state index in [1.54, 1.807) is 31.2 Å². The number of nitrogens with one attached hydrogen (secondary N) is 1. The normalized spacial score (nSPS) is 10.8. The third kappa shape index (κ3) is 5.23. The van der Waals surface area contributed by atoms with Crippen LogP contribution in [0.2, 0.25) is 0 Å². The fourth-order valence-electron chi connectivity index (χ4n) is 4.07. The topological polar surface area (TPSA) is 83.2 Å². The smallest absolute Gasteiger partial charge is 0.255 e. The molecule has 0 aliphatic rings. The minimum atomic E-state index is -0.217. The van der Waals surface area contributed by atoms with Crippen molar-refractivity contribution < 1.29 is 14.3 Å². The summed E-state index contributed by atoms with van der Waals surface area (Å²) in [5.74, 6) is 1.01. The number of hydrogen-bond donors (Lipinski definition) is 1. The van der Waals surface area contributed by atoms with Crippen LogP contribution in [0.4, 0.5) is 0 Å². The van der Waals surface area contributed by atoms with Crippen molar-refractivity contribution in [2.24, 2.45) is 0 Å². The number of hydrogen-bond acceptors (Lipinski definition) is 5. The number of carbonyl (C=O) groups is 1. The van der Waals surface area contributed by atoms with E-state index in [1.807, 2.05) is 89.9 Å². The summed E-state index contributed by atoms with van der Waals surface area (Å²) >= 11 is 0. The Hall–Kier alpha value is -4.85. The average Bonchev–Trinajstić information content (AvgIpc) is 3.62. The van der Waals surface area contributed by atoms with Crippen LogP contribution in [0.1, 0.15) is 15.9 Å². The molecule has 0 bridgehead atoms. The van der Waals surface area contributed by atoms with Gasteiger partial charge < -0.3 is 14.8 Å². The highest BCUT2D eigenvalue weighted by Crippen LogP contribution is 2.34. The van der Waals surface area contributed by atoms with Crippen LogP contribution in [0.5, 0.6) is 11.5 Å². The first-order valence-electron chi connectivity index (χ1n) is 11.9. The number of benzene rings is 3. The third-order valence-electron chi connectivity index (χ3n) is 6.00. The second-order valence-electron chi connectivity index (χ2n) is 8.37. The molecule has 0 saturated carbocycles. The number of rotatable bonds is 9. The summed E-state index contributed by atoms with van der Waals surface area (Å²) in [4.78, 5) is 13.4. The van der Waals surface area contributed by atoms with Crippen molar-refractivity contribution in [3.05, 3.63) is 109 Å². The van der Waals surface area contributed by atoms with Gasteiger partial charge in [-0.15, -0.1) is 0 Å². The number of aromatic nitrogens is 4. The van der Waals surface area contributed by atoms with Crippen molar-refractivity contribution in [3.63, 3.8) is 0 Å². The van der Waals surface area contributed by atoms with Gasteiger partial charge in [0.15, 0.2) is 0 Å². The maximum atomic E-state index is 13.4. The lowest BCUT2D eigenvalue weighted by atomic mass is 10.1. The molecule has 186 valence electrons. The Balaban J connectivity index is 1.38. The van der Waals surface area contributed by atoms with Crippen molar-refractivity contribution in [3.8, 4) is 34.1 Å². The molecule has 2 aromatic heterocycles. The summed E-state index contributed by atoms with van der Waals surface area (Å²) in [6.45, 7) is 0.453. The lowest BCUT2D eigenvalue weighted by Crippen LogP contribution is -2.25. The summed E-state index contributed by atoms with van der Waals surface area (Å²) in [5, 5.41) is 12.2. The number of carbonyl (C=O) groups excluding carboxylic acids is 1. The van der Waals surface area contributed by atoms with Crippen LogP contribution in [0.25, 0.3) is 22.6 Å². The number of ether oxygens (including phenoxy) is 2. The molecule has 0 aliphatic carbocycles. The molecule has 0 fully saturated rings. The second-order valence-corrected chi connectivity index (χ2v) is 8.37. The van der Waals surface area contributed by atoms with E-state index in [1.165, 1.54) is 0 Å². The largest absolute Gasteiger partial charge is 0.497 e. The Morgan fingerprint density at radius 1 is 0.865 bits per heavy atom. The fourth-order valence-corrected chi connectivity index (χ4v) is 4.07. The molecular weight excluding hydrogens is 466 g/mol. The predicted octanol–water partition coefficient (Wildman–Crippen LogP) is 4.71. The first-order chi connectivity index (χ1) is 18.2. The Morgan fingerprint density at radius 2 is 1.57 bits per heavy atom. The van der Waals surface area contributed by atoms with Gasteiger partial charge in [0.25, 0.3) is 5.91 Å². The molecule has 8 nitrogen and oxygen atoms in total. The van der Waals surface area contributed by atoms with Gasteiger partial charge in [-0.2, -0.15) is 10.2 Å². The molecule has 0 saturated heterocycles. The van der Waals surface area contributed by atoms with Crippen molar-refractivity contribution in [2.45, 2.75) is 6.42 Å². The molecular formula is C29H27N5O3. The van der Waals surface area contributed by atoms with Gasteiger partial charge in [-0.1, -0.05) is 36.4 Å². The van der Waals surface area contributed by atoms with Gasteiger partial charge in [0.1, 0.15) is 17.2 Å². The minimum Gasteiger partial charge on any atom is -0.497 e. The number of nitrogens with zero attached hydrogens (tertiary/aromatic N) is 4. The van der Waals surface area contributed by atoms with Crippen molar-refractivity contribution in [1.82, 2.24) is 24.9 Å². The van der Waals surface area contributed by atoms with Crippen LogP contribution in [-0.4, -0.2) is 46.2 Å². The zero-order valence-electron chi connectivity index (χ0n) is 20.7. The summed E-state index contributed by atoms with van der Waals surface area (Å²) in [7, 11) is 3.18. The van der Waals surface area contributed by atoms with Gasteiger partial charge >= 0.3 is 0 Å². The molecule has 0 aliphatic heterocycles. The fraction of sp³-hybridized carbons (Fsp3) is 0.138. The highest BCUT2D eigenvalue weighted by molar-refractivity contribution is 6.00. The summed E-state index contributed by atoms with van der Waals surface area (Å²) in [6.07, 6.45) is 6.19. The Bertz CT molecular complexity index is 1490. The highest BCUT2D eigenvalue weighted by Gasteiger charge is 2.21. The minimum absolute atomic E-state index is 0.217. The third-order valence-corrected chi connectivity index (χ3v) is 6.00. The monoisotopic (exact) mass is 493 g/mol. The molecule has 1 N–H and O–H groups in total. The van der Waals surface area contributed by atoms with E-state index in [2.05, 4.69) is 10.4 Å². The second kappa shape index (κ2) is 10.8. The predicted molar refractivity (Wildman–Crippen MR) is 142 cm³/mol. The van der Waals surface area contributed by atoms with Gasteiger partial charge in [-0.3, -0.25) is 4.79 Å². The molecule has 8 heteroatoms. The molecule has 1 amide bonds. The zero-order chi connectivity index (χ0) is 25.6. The average molecular weight is 494 g/mol. The van der Waals surface area contributed by atoms with Crippen LogP contribution < -0.4 is 14.8 Å². The van der Waals surface area contributed by atoms with Gasteiger partial charge in [-0.05, 0) is 48.4 Å². The highest BCUT2D eigenvalue weighted by atomic mass is 16.5. The van der Waals surface area contributed by atoms with Crippen LogP contribution in [0, 0.1) is 0 Å². The quantitative estimate of drug-likeness (QED) is 0.321. The van der Waals surface area contributed by atoms with Gasteiger partial charge in [0, 0.05) is 30.6 Å². The van der Waals surface area contributed by atoms with Crippen molar-refractivity contribution in [2.75, 3.05) is 20.8 Å². The van der Waals surface area contributed by atoms with Crippen LogP contribution >= 0.6 is 0 Å². The lowest BCUT2D eigenvalue weighted by Gasteiger charge is -2.10. The molecule has 3 aromatic carbocycles. The van der Waals surface area contributed by atoms with E-state index in [9.17, 15) is 4.79 Å². The first kappa shape index (κ1) is 23.9. The van der Waals surface area contributed by atoms with Crippen LogP contribution in [-0.2, 0) is 6.42 Å². The maximum absolute atomic E-state index is 13.4. The standard InChI is InChI=1S/C29H27N5O3/c1-36-24-13-14-25(27(17-24)37-2)28-26(20-34(32-28)23-11-7-4-8-12-23)29(35)30-16-15-21-18-31-33(19-21)22-9-5-3-6-10-22/h3-14,17-20H,15-16H2,1-2H3,(H,30,35). The Labute approximate surface area is 215 Å². The number of para-hydroxylation sites is 2. The van der Waals surface area contributed by atoms with Crippen LogP contribution in [0.3, 0.4) is 0 Å². The van der Waals surface area contributed by atoms with Crippen molar-refractivity contribution >= 4 is 5.91 Å². The van der Waals surface area contributed by atoms with E-state index < -0.39 is 0 Å². The molecule has 37 heavy (non-hydrogen) atoms. The lowest BCUT2D eigenvalue weighted by molar-refractivity contribution is 0.0954. The van der Waals surface area contributed by atoms with Crippen molar-refractivity contribution in [1.29, 1.82) is 0 Å². The molecule has 5 aromatic rings. The molecule has 0 unspecified atom stereocenters. The SMILES string of the molecule is COc1ccc(-c2nn(-c3ccccc3)cc2C(=O)NCCc2cnn(-c3ccccc3)c2)c(OC)c1. The van der Waals surface area contributed by atoms with E-state index in [4.69, 9.17) is 14.6 Å². The van der Waals surface area contributed by atoms with Gasteiger partial charge in [-0.25, -0.2) is 9.36 Å². The van der Waals surface area contributed by atoms with E-state index in [0.29, 0.717) is 41.3 Å². The molecule has 0 radical (unpaired) electrons. The maximum Gasteiger partial charge on any atom is 0.255 e. The van der Waals surface area contributed by atoms with Gasteiger partial charge in [0.05, 0.1) is 37.4 Å². The molecule has 0 atom stereocenters. The number of amides is 1. The first-order valence-corrected chi connectivity index (χ1v) is 11.9.